The molecule has 0 aromatic heterocycles. The molecule has 0 aliphatic carbocycles. The highest BCUT2D eigenvalue weighted by Crippen LogP contribution is 2.26. The van der Waals surface area contributed by atoms with Crippen molar-refractivity contribution in [1.82, 2.24) is 0 Å². The number of hydrogen-bond acceptors (Lipinski definition) is 2. The van der Waals surface area contributed by atoms with E-state index in [1.165, 1.54) is 12.1 Å². The number of hydrogen-bond donors (Lipinski definition) is 1. The topological polar surface area (TPSA) is 23.5 Å². The quantitative estimate of drug-likeness (QED) is 0.827. The Labute approximate surface area is 90.3 Å². The fraction of sp³-hybridized carbons (Fsp3) is 0.500. The molecule has 0 saturated heterocycles. The zero-order valence-corrected chi connectivity index (χ0v) is 9.50. The van der Waals surface area contributed by atoms with Gasteiger partial charge in [-0.3, -0.25) is 0 Å². The van der Waals surface area contributed by atoms with Gasteiger partial charge in [-0.05, 0) is 31.5 Å². The standard InChI is InChI=1S/C12H18FNO/c1-4-7-14(3)12-6-5-10(13)8-11(12)9(2)15/h5-6,8-9,15H,4,7H2,1-3H3/t9-/m0/s1. The molecule has 1 rings (SSSR count). The first-order valence-electron chi connectivity index (χ1n) is 5.25. The smallest absolute Gasteiger partial charge is 0.123 e. The Bertz CT molecular complexity index is 325. The summed E-state index contributed by atoms with van der Waals surface area (Å²) in [6.07, 6.45) is 0.377. The van der Waals surface area contributed by atoms with Crippen molar-refractivity contribution >= 4 is 5.69 Å². The van der Waals surface area contributed by atoms with E-state index in [4.69, 9.17) is 0 Å². The number of rotatable bonds is 4. The van der Waals surface area contributed by atoms with Crippen molar-refractivity contribution in [2.45, 2.75) is 26.4 Å². The molecule has 15 heavy (non-hydrogen) atoms. The molecule has 0 heterocycles. The van der Waals surface area contributed by atoms with E-state index in [0.717, 1.165) is 18.7 Å². The van der Waals surface area contributed by atoms with E-state index in [0.29, 0.717) is 5.56 Å². The van der Waals surface area contributed by atoms with Crippen LogP contribution in [-0.2, 0) is 0 Å². The van der Waals surface area contributed by atoms with Gasteiger partial charge in [0.05, 0.1) is 6.10 Å². The van der Waals surface area contributed by atoms with Crippen LogP contribution in [0.5, 0.6) is 0 Å². The minimum Gasteiger partial charge on any atom is -0.389 e. The van der Waals surface area contributed by atoms with E-state index in [-0.39, 0.29) is 5.82 Å². The van der Waals surface area contributed by atoms with E-state index in [1.807, 2.05) is 11.9 Å². The third-order valence-corrected chi connectivity index (χ3v) is 2.41. The maximum Gasteiger partial charge on any atom is 0.123 e. The highest BCUT2D eigenvalue weighted by Gasteiger charge is 2.11. The van der Waals surface area contributed by atoms with Crippen molar-refractivity contribution in [3.8, 4) is 0 Å². The lowest BCUT2D eigenvalue weighted by molar-refractivity contribution is 0.199. The summed E-state index contributed by atoms with van der Waals surface area (Å²) in [4.78, 5) is 2.03. The van der Waals surface area contributed by atoms with Crippen LogP contribution in [0.4, 0.5) is 10.1 Å². The Balaban J connectivity index is 3.05. The van der Waals surface area contributed by atoms with Crippen LogP contribution in [-0.4, -0.2) is 18.7 Å². The number of aliphatic hydroxyl groups excluding tert-OH is 1. The lowest BCUT2D eigenvalue weighted by Gasteiger charge is -2.23. The van der Waals surface area contributed by atoms with Gasteiger partial charge in [0.1, 0.15) is 5.82 Å². The van der Waals surface area contributed by atoms with Gasteiger partial charge in [-0.25, -0.2) is 4.39 Å². The molecule has 2 nitrogen and oxygen atoms in total. The Morgan fingerprint density at radius 1 is 1.47 bits per heavy atom. The van der Waals surface area contributed by atoms with Crippen LogP contribution in [0.2, 0.25) is 0 Å². The number of benzene rings is 1. The van der Waals surface area contributed by atoms with Crippen LogP contribution < -0.4 is 4.90 Å². The summed E-state index contributed by atoms with van der Waals surface area (Å²) in [6, 6.07) is 4.53. The van der Waals surface area contributed by atoms with E-state index in [9.17, 15) is 9.50 Å². The largest absolute Gasteiger partial charge is 0.389 e. The van der Waals surface area contributed by atoms with Gasteiger partial charge in [0, 0.05) is 24.8 Å². The third kappa shape index (κ3) is 2.93. The minimum atomic E-state index is -0.644. The summed E-state index contributed by atoms with van der Waals surface area (Å²) in [7, 11) is 1.95. The molecule has 0 aliphatic rings. The van der Waals surface area contributed by atoms with Crippen molar-refractivity contribution in [2.24, 2.45) is 0 Å². The normalized spacial score (nSPS) is 12.6. The highest BCUT2D eigenvalue weighted by atomic mass is 19.1. The van der Waals surface area contributed by atoms with Crippen LogP contribution in [0.15, 0.2) is 18.2 Å². The summed E-state index contributed by atoms with van der Waals surface area (Å²) < 4.78 is 13.0. The number of halogens is 1. The first kappa shape index (κ1) is 12.0. The lowest BCUT2D eigenvalue weighted by atomic mass is 10.1. The average molecular weight is 211 g/mol. The molecule has 0 aliphatic heterocycles. The van der Waals surface area contributed by atoms with E-state index in [2.05, 4.69) is 6.92 Å². The predicted octanol–water partition coefficient (Wildman–Crippen LogP) is 2.73. The van der Waals surface area contributed by atoms with Crippen molar-refractivity contribution in [1.29, 1.82) is 0 Å². The molecule has 0 saturated carbocycles. The average Bonchev–Trinajstić information content (AvgIpc) is 2.17. The molecule has 0 spiro atoms. The predicted molar refractivity (Wildman–Crippen MR) is 60.6 cm³/mol. The molecular weight excluding hydrogens is 193 g/mol. The fourth-order valence-electron chi connectivity index (χ4n) is 1.66. The molecule has 0 amide bonds. The van der Waals surface area contributed by atoms with Gasteiger partial charge in [-0.15, -0.1) is 0 Å². The second-order valence-electron chi connectivity index (χ2n) is 3.80. The van der Waals surface area contributed by atoms with Crippen LogP contribution in [0.25, 0.3) is 0 Å². The first-order valence-corrected chi connectivity index (χ1v) is 5.25. The maximum atomic E-state index is 13.0. The second kappa shape index (κ2) is 5.12. The zero-order chi connectivity index (χ0) is 11.4. The van der Waals surface area contributed by atoms with Crippen molar-refractivity contribution < 1.29 is 9.50 Å². The van der Waals surface area contributed by atoms with Gasteiger partial charge in [-0.1, -0.05) is 6.92 Å². The first-order chi connectivity index (χ1) is 7.06. The molecule has 1 aromatic rings. The number of nitrogens with zero attached hydrogens (tertiary/aromatic N) is 1. The summed E-state index contributed by atoms with van der Waals surface area (Å²) in [5, 5.41) is 9.55. The molecular formula is C12H18FNO. The second-order valence-corrected chi connectivity index (χ2v) is 3.80. The van der Waals surface area contributed by atoms with Crippen LogP contribution in [0.3, 0.4) is 0 Å². The minimum absolute atomic E-state index is 0.306. The fourth-order valence-corrected chi connectivity index (χ4v) is 1.66. The van der Waals surface area contributed by atoms with Crippen molar-refractivity contribution in [3.05, 3.63) is 29.6 Å². The van der Waals surface area contributed by atoms with Crippen molar-refractivity contribution in [3.63, 3.8) is 0 Å². The monoisotopic (exact) mass is 211 g/mol. The Hall–Kier alpha value is -1.09. The zero-order valence-electron chi connectivity index (χ0n) is 9.50. The molecule has 0 bridgehead atoms. The van der Waals surface area contributed by atoms with Gasteiger partial charge >= 0.3 is 0 Å². The molecule has 0 unspecified atom stereocenters. The molecule has 0 radical (unpaired) electrons. The Kier molecular flexibility index (Phi) is 4.09. The molecule has 84 valence electrons. The molecule has 1 N–H and O–H groups in total. The van der Waals surface area contributed by atoms with E-state index >= 15 is 0 Å². The molecule has 0 fully saturated rings. The van der Waals surface area contributed by atoms with Crippen LogP contribution in [0, 0.1) is 5.82 Å². The van der Waals surface area contributed by atoms with Gasteiger partial charge in [0.25, 0.3) is 0 Å². The van der Waals surface area contributed by atoms with Gasteiger partial charge in [0.2, 0.25) is 0 Å². The maximum absolute atomic E-state index is 13.0. The summed E-state index contributed by atoms with van der Waals surface area (Å²) >= 11 is 0. The lowest BCUT2D eigenvalue weighted by Crippen LogP contribution is -2.20. The van der Waals surface area contributed by atoms with Crippen LogP contribution in [0.1, 0.15) is 31.9 Å². The van der Waals surface area contributed by atoms with E-state index in [1.54, 1.807) is 13.0 Å². The van der Waals surface area contributed by atoms with Crippen molar-refractivity contribution in [2.75, 3.05) is 18.5 Å². The number of aliphatic hydroxyl groups is 1. The Morgan fingerprint density at radius 3 is 2.67 bits per heavy atom. The van der Waals surface area contributed by atoms with Gasteiger partial charge in [-0.2, -0.15) is 0 Å². The molecule has 1 atom stereocenters. The summed E-state index contributed by atoms with van der Waals surface area (Å²) in [5.41, 5.74) is 1.54. The molecule has 1 aromatic carbocycles. The summed E-state index contributed by atoms with van der Waals surface area (Å²) in [6.45, 7) is 4.63. The Morgan fingerprint density at radius 2 is 2.13 bits per heavy atom. The van der Waals surface area contributed by atoms with Gasteiger partial charge in [0.15, 0.2) is 0 Å². The molecule has 3 heteroatoms. The van der Waals surface area contributed by atoms with E-state index < -0.39 is 6.10 Å². The SMILES string of the molecule is CCCN(C)c1ccc(F)cc1[C@H](C)O. The highest BCUT2D eigenvalue weighted by molar-refractivity contribution is 5.54. The van der Waals surface area contributed by atoms with Crippen LogP contribution >= 0.6 is 0 Å². The summed E-state index contributed by atoms with van der Waals surface area (Å²) in [5.74, 6) is -0.306. The van der Waals surface area contributed by atoms with Gasteiger partial charge < -0.3 is 10.0 Å². The third-order valence-electron chi connectivity index (χ3n) is 2.41. The number of anilines is 1.